The molecule has 0 aliphatic rings. The summed E-state index contributed by atoms with van der Waals surface area (Å²) < 4.78 is 5.16. The summed E-state index contributed by atoms with van der Waals surface area (Å²) >= 11 is 5.33. The van der Waals surface area contributed by atoms with Crippen molar-refractivity contribution >= 4 is 16.8 Å². The Morgan fingerprint density at radius 2 is 2.25 bits per heavy atom. The zero-order valence-electron chi connectivity index (χ0n) is 7.55. The molecule has 0 N–H and O–H groups in total. The van der Waals surface area contributed by atoms with E-state index in [1.807, 2.05) is 13.8 Å². The van der Waals surface area contributed by atoms with E-state index in [1.54, 1.807) is 6.08 Å². The highest BCUT2D eigenvalue weighted by Crippen LogP contribution is 2.10. The molecule has 1 unspecified atom stereocenters. The van der Waals surface area contributed by atoms with Gasteiger partial charge in [0.1, 0.15) is 6.10 Å². The van der Waals surface area contributed by atoms with Gasteiger partial charge in [-0.1, -0.05) is 19.9 Å². The summed E-state index contributed by atoms with van der Waals surface area (Å²) in [5, 5.41) is -0.425. The van der Waals surface area contributed by atoms with Crippen LogP contribution in [0.5, 0.6) is 0 Å². The molecule has 70 valence electrons. The van der Waals surface area contributed by atoms with E-state index < -0.39 is 11.3 Å². The summed E-state index contributed by atoms with van der Waals surface area (Å²) in [5.41, 5.74) is 0. The van der Waals surface area contributed by atoms with Gasteiger partial charge < -0.3 is 4.74 Å². The Morgan fingerprint density at radius 3 is 2.58 bits per heavy atom. The van der Waals surface area contributed by atoms with Crippen molar-refractivity contribution in [2.75, 3.05) is 6.61 Å². The number of carbonyl (C=O) groups excluding carboxylic acids is 1. The number of hydrogen-bond acceptors (Lipinski definition) is 2. The highest BCUT2D eigenvalue weighted by Gasteiger charge is 2.17. The summed E-state index contributed by atoms with van der Waals surface area (Å²) in [5.74, 6) is 0.405. The third-order valence-corrected chi connectivity index (χ3v) is 1.60. The first-order valence-electron chi connectivity index (χ1n) is 3.99. The van der Waals surface area contributed by atoms with E-state index in [1.165, 1.54) is 0 Å². The van der Waals surface area contributed by atoms with Gasteiger partial charge in [0.25, 0.3) is 5.24 Å². The largest absolute Gasteiger partial charge is 0.365 e. The summed E-state index contributed by atoms with van der Waals surface area (Å²) in [7, 11) is 0. The average molecular weight is 191 g/mol. The Morgan fingerprint density at radius 1 is 1.67 bits per heavy atom. The maximum atomic E-state index is 10.8. The summed E-state index contributed by atoms with van der Waals surface area (Å²) in [4.78, 5) is 10.8. The minimum absolute atomic E-state index is 0.371. The van der Waals surface area contributed by atoms with E-state index >= 15 is 0 Å². The summed E-state index contributed by atoms with van der Waals surface area (Å²) in [6.07, 6.45) is 1.79. The van der Waals surface area contributed by atoms with E-state index in [4.69, 9.17) is 16.3 Å². The Labute approximate surface area is 78.5 Å². The zero-order valence-corrected chi connectivity index (χ0v) is 8.30. The number of halogens is 1. The predicted octanol–water partition coefficient (Wildman–Crippen LogP) is 2.37. The second-order valence-corrected chi connectivity index (χ2v) is 3.42. The third kappa shape index (κ3) is 5.33. The van der Waals surface area contributed by atoms with Crippen molar-refractivity contribution < 1.29 is 9.53 Å². The molecule has 0 aromatic rings. The quantitative estimate of drug-likeness (QED) is 0.475. The van der Waals surface area contributed by atoms with Crippen molar-refractivity contribution in [2.24, 2.45) is 5.92 Å². The van der Waals surface area contributed by atoms with Gasteiger partial charge in [-0.05, 0) is 23.9 Å². The Balaban J connectivity index is 3.86. The fraction of sp³-hybridized carbons (Fsp3) is 0.667. The monoisotopic (exact) mass is 190 g/mol. The van der Waals surface area contributed by atoms with Crippen LogP contribution in [0.1, 0.15) is 20.3 Å². The van der Waals surface area contributed by atoms with E-state index in [0.29, 0.717) is 18.9 Å². The van der Waals surface area contributed by atoms with Gasteiger partial charge in [0, 0.05) is 0 Å². The number of rotatable bonds is 6. The molecule has 0 radical (unpaired) electrons. The normalized spacial score (nSPS) is 13.0. The molecule has 0 spiro atoms. The maximum absolute atomic E-state index is 10.8. The van der Waals surface area contributed by atoms with Gasteiger partial charge >= 0.3 is 0 Å². The molecule has 0 fully saturated rings. The minimum atomic E-state index is -0.482. The molecule has 0 aliphatic heterocycles. The first-order chi connectivity index (χ1) is 5.57. The van der Waals surface area contributed by atoms with Crippen LogP contribution in [0.2, 0.25) is 0 Å². The molecule has 1 atom stereocenters. The van der Waals surface area contributed by atoms with E-state index in [2.05, 4.69) is 6.58 Å². The van der Waals surface area contributed by atoms with Crippen LogP contribution in [0.25, 0.3) is 0 Å². The highest BCUT2D eigenvalue weighted by atomic mass is 35.5. The van der Waals surface area contributed by atoms with E-state index in [0.717, 1.165) is 0 Å². The molecule has 0 heterocycles. The molecule has 0 saturated heterocycles. The molecule has 3 heteroatoms. The van der Waals surface area contributed by atoms with Crippen LogP contribution < -0.4 is 0 Å². The molecule has 0 rings (SSSR count). The van der Waals surface area contributed by atoms with Crippen LogP contribution in [-0.2, 0) is 9.53 Å². The topological polar surface area (TPSA) is 26.3 Å². The summed E-state index contributed by atoms with van der Waals surface area (Å²) in [6.45, 7) is 7.90. The Kier molecular flexibility index (Phi) is 6.03. The first-order valence-corrected chi connectivity index (χ1v) is 4.37. The second-order valence-electron chi connectivity index (χ2n) is 3.04. The standard InChI is InChI=1S/C9H15ClO2/c1-4-5-12-8(9(10)11)6-7(2)3/h4,7-8H,1,5-6H2,2-3H3. The Hall–Kier alpha value is -0.340. The van der Waals surface area contributed by atoms with Crippen molar-refractivity contribution in [3.8, 4) is 0 Å². The molecular formula is C9H15ClO2. The molecule has 0 bridgehead atoms. The van der Waals surface area contributed by atoms with Crippen molar-refractivity contribution in [2.45, 2.75) is 26.4 Å². The maximum Gasteiger partial charge on any atom is 0.250 e. The number of hydrogen-bond donors (Lipinski definition) is 0. The summed E-state index contributed by atoms with van der Waals surface area (Å²) in [6, 6.07) is 0. The minimum Gasteiger partial charge on any atom is -0.365 e. The van der Waals surface area contributed by atoms with Gasteiger partial charge in [-0.2, -0.15) is 0 Å². The van der Waals surface area contributed by atoms with Crippen LogP contribution in [-0.4, -0.2) is 18.0 Å². The lowest BCUT2D eigenvalue weighted by Crippen LogP contribution is -2.22. The van der Waals surface area contributed by atoms with Crippen LogP contribution in [0.15, 0.2) is 12.7 Å². The molecule has 0 aliphatic carbocycles. The molecule has 2 nitrogen and oxygen atoms in total. The van der Waals surface area contributed by atoms with Gasteiger partial charge in [0.15, 0.2) is 0 Å². The zero-order chi connectivity index (χ0) is 9.56. The fourth-order valence-electron chi connectivity index (χ4n) is 0.839. The lowest BCUT2D eigenvalue weighted by molar-refractivity contribution is -0.122. The second kappa shape index (κ2) is 6.21. The predicted molar refractivity (Wildman–Crippen MR) is 50.3 cm³/mol. The van der Waals surface area contributed by atoms with Crippen LogP contribution >= 0.6 is 11.6 Å². The van der Waals surface area contributed by atoms with Crippen molar-refractivity contribution in [1.82, 2.24) is 0 Å². The SMILES string of the molecule is C=CCOC(CC(C)C)C(=O)Cl. The van der Waals surface area contributed by atoms with Crippen LogP contribution in [0.3, 0.4) is 0 Å². The lowest BCUT2D eigenvalue weighted by atomic mass is 10.1. The van der Waals surface area contributed by atoms with Crippen LogP contribution in [0.4, 0.5) is 0 Å². The van der Waals surface area contributed by atoms with Crippen LogP contribution in [0, 0.1) is 5.92 Å². The van der Waals surface area contributed by atoms with Gasteiger partial charge in [0.2, 0.25) is 0 Å². The van der Waals surface area contributed by atoms with E-state index in [-0.39, 0.29) is 0 Å². The molecule has 0 amide bonds. The Bertz CT molecular complexity index is 155. The van der Waals surface area contributed by atoms with Crippen molar-refractivity contribution in [3.63, 3.8) is 0 Å². The van der Waals surface area contributed by atoms with Crippen molar-refractivity contribution in [3.05, 3.63) is 12.7 Å². The van der Waals surface area contributed by atoms with Gasteiger partial charge in [-0.25, -0.2) is 0 Å². The molecule has 0 saturated carbocycles. The van der Waals surface area contributed by atoms with E-state index in [9.17, 15) is 4.79 Å². The molecule has 12 heavy (non-hydrogen) atoms. The number of ether oxygens (including phenoxy) is 1. The highest BCUT2D eigenvalue weighted by molar-refractivity contribution is 6.64. The lowest BCUT2D eigenvalue weighted by Gasteiger charge is -2.14. The number of carbonyl (C=O) groups is 1. The molecular weight excluding hydrogens is 176 g/mol. The van der Waals surface area contributed by atoms with Gasteiger partial charge in [0.05, 0.1) is 6.61 Å². The average Bonchev–Trinajstić information content (AvgIpc) is 1.96. The smallest absolute Gasteiger partial charge is 0.250 e. The molecule has 0 aromatic heterocycles. The first kappa shape index (κ1) is 11.7. The fourth-order valence-corrected chi connectivity index (χ4v) is 0.991. The molecule has 0 aromatic carbocycles. The van der Waals surface area contributed by atoms with Crippen molar-refractivity contribution in [1.29, 1.82) is 0 Å². The van der Waals surface area contributed by atoms with Gasteiger partial charge in [-0.3, -0.25) is 4.79 Å². The third-order valence-electron chi connectivity index (χ3n) is 1.35. The van der Waals surface area contributed by atoms with Gasteiger partial charge in [-0.15, -0.1) is 6.58 Å².